The molecular weight excluding hydrogens is 292 g/mol. The Balaban J connectivity index is 0.00000220. The first kappa shape index (κ1) is 17.6. The fourth-order valence-corrected chi connectivity index (χ4v) is 2.75. The first-order valence-corrected chi connectivity index (χ1v) is 6.87. The van der Waals surface area contributed by atoms with Gasteiger partial charge in [-0.3, -0.25) is 9.69 Å². The number of nitrogens with zero attached hydrogens (tertiary/aromatic N) is 1. The molecule has 1 amide bonds. The lowest BCUT2D eigenvalue weighted by Gasteiger charge is -2.31. The summed E-state index contributed by atoms with van der Waals surface area (Å²) < 4.78 is 10.7. The summed E-state index contributed by atoms with van der Waals surface area (Å²) in [6.07, 6.45) is 1.89. The molecule has 1 aromatic rings. The van der Waals surface area contributed by atoms with Crippen LogP contribution in [0.3, 0.4) is 0 Å². The second-order valence-corrected chi connectivity index (χ2v) is 5.13. The number of halogens is 1. The third-order valence-electron chi connectivity index (χ3n) is 3.79. The zero-order valence-corrected chi connectivity index (χ0v) is 13.3. The molecule has 0 radical (unpaired) electrons. The van der Waals surface area contributed by atoms with Crippen LogP contribution in [0.5, 0.6) is 11.5 Å². The van der Waals surface area contributed by atoms with Gasteiger partial charge in [0.25, 0.3) is 0 Å². The normalized spacial score (nSPS) is 18.7. The van der Waals surface area contributed by atoms with Gasteiger partial charge in [0.05, 0.1) is 20.1 Å². The van der Waals surface area contributed by atoms with E-state index in [0.717, 1.165) is 49.5 Å². The molecule has 1 unspecified atom stereocenters. The molecule has 1 aliphatic heterocycles. The number of hydrogen-bond acceptors (Lipinski definition) is 4. The minimum atomic E-state index is -0.202. The van der Waals surface area contributed by atoms with Crippen molar-refractivity contribution < 1.29 is 14.3 Å². The van der Waals surface area contributed by atoms with Crippen LogP contribution in [-0.2, 0) is 11.3 Å². The van der Waals surface area contributed by atoms with E-state index < -0.39 is 0 Å². The molecular formula is C15H23ClN2O3. The van der Waals surface area contributed by atoms with Gasteiger partial charge >= 0.3 is 0 Å². The van der Waals surface area contributed by atoms with Gasteiger partial charge in [-0.25, -0.2) is 0 Å². The van der Waals surface area contributed by atoms with Crippen molar-refractivity contribution in [3.05, 3.63) is 23.8 Å². The molecule has 1 fully saturated rings. The van der Waals surface area contributed by atoms with Gasteiger partial charge < -0.3 is 15.2 Å². The van der Waals surface area contributed by atoms with E-state index in [9.17, 15) is 4.79 Å². The average molecular weight is 315 g/mol. The molecule has 0 bridgehead atoms. The second kappa shape index (κ2) is 8.10. The highest BCUT2D eigenvalue weighted by molar-refractivity contribution is 5.85. The van der Waals surface area contributed by atoms with Crippen molar-refractivity contribution >= 4 is 18.3 Å². The topological polar surface area (TPSA) is 64.8 Å². The zero-order valence-electron chi connectivity index (χ0n) is 12.5. The fraction of sp³-hybridized carbons (Fsp3) is 0.533. The standard InChI is InChI=1S/C15H22N2O3.ClH/c1-19-13-7-3-5-11(14(13)20-2)9-17-8-4-6-12(10-17)15(16)18;/h3,5,7,12H,4,6,8-10H2,1-2H3,(H2,16,18);1H. The van der Waals surface area contributed by atoms with Crippen molar-refractivity contribution in [1.82, 2.24) is 4.90 Å². The Bertz CT molecular complexity index is 482. The Kier molecular flexibility index (Phi) is 6.78. The van der Waals surface area contributed by atoms with Gasteiger partial charge in [0, 0.05) is 18.7 Å². The highest BCUT2D eigenvalue weighted by Crippen LogP contribution is 2.32. The molecule has 2 N–H and O–H groups in total. The second-order valence-electron chi connectivity index (χ2n) is 5.13. The fourth-order valence-electron chi connectivity index (χ4n) is 2.75. The Labute approximate surface area is 131 Å². The maximum atomic E-state index is 11.3. The monoisotopic (exact) mass is 314 g/mol. The summed E-state index contributed by atoms with van der Waals surface area (Å²) in [5.41, 5.74) is 6.48. The molecule has 0 saturated carbocycles. The van der Waals surface area contributed by atoms with Crippen molar-refractivity contribution in [2.24, 2.45) is 11.7 Å². The molecule has 2 rings (SSSR count). The van der Waals surface area contributed by atoms with Crippen molar-refractivity contribution in [3.63, 3.8) is 0 Å². The van der Waals surface area contributed by atoms with Gasteiger partial charge in [-0.15, -0.1) is 12.4 Å². The summed E-state index contributed by atoms with van der Waals surface area (Å²) in [7, 11) is 3.27. The molecule has 0 spiro atoms. The summed E-state index contributed by atoms with van der Waals surface area (Å²) in [6, 6.07) is 5.85. The molecule has 1 saturated heterocycles. The van der Waals surface area contributed by atoms with Crippen molar-refractivity contribution in [2.75, 3.05) is 27.3 Å². The molecule has 1 atom stereocenters. The van der Waals surface area contributed by atoms with E-state index >= 15 is 0 Å². The smallest absolute Gasteiger partial charge is 0.221 e. The Morgan fingerprint density at radius 3 is 2.76 bits per heavy atom. The molecule has 1 heterocycles. The highest BCUT2D eigenvalue weighted by atomic mass is 35.5. The average Bonchev–Trinajstić information content (AvgIpc) is 2.47. The maximum absolute atomic E-state index is 11.3. The zero-order chi connectivity index (χ0) is 14.5. The number of carbonyl (C=O) groups is 1. The van der Waals surface area contributed by atoms with E-state index in [1.165, 1.54) is 0 Å². The third kappa shape index (κ3) is 4.25. The number of nitrogens with two attached hydrogens (primary N) is 1. The third-order valence-corrected chi connectivity index (χ3v) is 3.79. The Morgan fingerprint density at radius 2 is 2.14 bits per heavy atom. The van der Waals surface area contributed by atoms with E-state index in [1.807, 2.05) is 18.2 Å². The predicted molar refractivity (Wildman–Crippen MR) is 84.0 cm³/mol. The summed E-state index contributed by atoms with van der Waals surface area (Å²) >= 11 is 0. The number of piperidine rings is 1. The van der Waals surface area contributed by atoms with E-state index in [1.54, 1.807) is 14.2 Å². The lowest BCUT2D eigenvalue weighted by Crippen LogP contribution is -2.40. The van der Waals surface area contributed by atoms with Gasteiger partial charge in [-0.2, -0.15) is 0 Å². The number of rotatable bonds is 5. The lowest BCUT2D eigenvalue weighted by molar-refractivity contribution is -0.123. The number of amides is 1. The molecule has 21 heavy (non-hydrogen) atoms. The van der Waals surface area contributed by atoms with Gasteiger partial charge in [0.1, 0.15) is 0 Å². The number of primary amides is 1. The van der Waals surface area contributed by atoms with Crippen LogP contribution in [-0.4, -0.2) is 38.1 Å². The number of methoxy groups -OCH3 is 2. The SMILES string of the molecule is COc1cccc(CN2CCCC(C(N)=O)C2)c1OC.Cl. The van der Waals surface area contributed by atoms with Crippen LogP contribution < -0.4 is 15.2 Å². The molecule has 0 aromatic heterocycles. The van der Waals surface area contributed by atoms with Crippen LogP contribution >= 0.6 is 12.4 Å². The summed E-state index contributed by atoms with van der Waals surface area (Å²) in [4.78, 5) is 13.6. The molecule has 1 aliphatic rings. The highest BCUT2D eigenvalue weighted by Gasteiger charge is 2.24. The van der Waals surface area contributed by atoms with Crippen LogP contribution in [0.2, 0.25) is 0 Å². The van der Waals surface area contributed by atoms with Gasteiger partial charge in [-0.05, 0) is 25.5 Å². The van der Waals surface area contributed by atoms with E-state index in [0.29, 0.717) is 0 Å². The lowest BCUT2D eigenvalue weighted by atomic mass is 9.97. The number of likely N-dealkylation sites (tertiary alicyclic amines) is 1. The predicted octanol–water partition coefficient (Wildman–Crippen LogP) is 1.82. The Morgan fingerprint density at radius 1 is 1.38 bits per heavy atom. The van der Waals surface area contributed by atoms with Crippen molar-refractivity contribution in [3.8, 4) is 11.5 Å². The summed E-state index contributed by atoms with van der Waals surface area (Å²) in [6.45, 7) is 2.43. The van der Waals surface area contributed by atoms with Gasteiger partial charge in [0.15, 0.2) is 11.5 Å². The quantitative estimate of drug-likeness (QED) is 0.900. The first-order chi connectivity index (χ1) is 9.65. The number of ether oxygens (including phenoxy) is 2. The van der Waals surface area contributed by atoms with Crippen LogP contribution in [0.1, 0.15) is 18.4 Å². The number of hydrogen-bond donors (Lipinski definition) is 1. The molecule has 6 heteroatoms. The molecule has 0 aliphatic carbocycles. The van der Waals surface area contributed by atoms with Gasteiger partial charge in [-0.1, -0.05) is 12.1 Å². The minimum absolute atomic E-state index is 0. The van der Waals surface area contributed by atoms with Gasteiger partial charge in [0.2, 0.25) is 5.91 Å². The molecule has 1 aromatic carbocycles. The summed E-state index contributed by atoms with van der Waals surface area (Å²) in [5, 5.41) is 0. The van der Waals surface area contributed by atoms with E-state index in [-0.39, 0.29) is 24.2 Å². The largest absolute Gasteiger partial charge is 0.493 e. The van der Waals surface area contributed by atoms with Crippen LogP contribution in [0.15, 0.2) is 18.2 Å². The molecule has 5 nitrogen and oxygen atoms in total. The molecule has 118 valence electrons. The van der Waals surface area contributed by atoms with Crippen LogP contribution in [0, 0.1) is 5.92 Å². The number of carbonyl (C=O) groups excluding carboxylic acids is 1. The van der Waals surface area contributed by atoms with Crippen LogP contribution in [0.25, 0.3) is 0 Å². The van der Waals surface area contributed by atoms with E-state index in [2.05, 4.69) is 4.90 Å². The number of para-hydroxylation sites is 1. The van der Waals surface area contributed by atoms with E-state index in [4.69, 9.17) is 15.2 Å². The van der Waals surface area contributed by atoms with Crippen molar-refractivity contribution in [2.45, 2.75) is 19.4 Å². The first-order valence-electron chi connectivity index (χ1n) is 6.87. The summed E-state index contributed by atoms with van der Waals surface area (Å²) in [5.74, 6) is 1.25. The Hall–Kier alpha value is -1.46. The van der Waals surface area contributed by atoms with Crippen LogP contribution in [0.4, 0.5) is 0 Å². The van der Waals surface area contributed by atoms with Crippen molar-refractivity contribution in [1.29, 1.82) is 0 Å². The maximum Gasteiger partial charge on any atom is 0.221 e. The number of benzene rings is 1. The minimum Gasteiger partial charge on any atom is -0.493 e.